The first-order chi connectivity index (χ1) is 15.6. The number of anilines is 2. The van der Waals surface area contributed by atoms with Gasteiger partial charge in [0.2, 0.25) is 11.0 Å². The molecule has 0 spiro atoms. The van der Waals surface area contributed by atoms with Gasteiger partial charge in [0, 0.05) is 16.3 Å². The van der Waals surface area contributed by atoms with E-state index in [1.165, 1.54) is 23.1 Å². The van der Waals surface area contributed by atoms with Crippen molar-refractivity contribution in [2.75, 3.05) is 16.4 Å². The first-order valence-electron chi connectivity index (χ1n) is 9.55. The second kappa shape index (κ2) is 10.4. The average Bonchev–Trinajstić information content (AvgIpc) is 3.27. The van der Waals surface area contributed by atoms with E-state index in [0.717, 1.165) is 11.1 Å². The normalized spacial score (nSPS) is 10.5. The number of carbonyl (C=O) groups excluding carboxylic acids is 2. The van der Waals surface area contributed by atoms with Gasteiger partial charge in [-0.2, -0.15) is 0 Å². The van der Waals surface area contributed by atoms with E-state index < -0.39 is 0 Å². The molecule has 160 valence electrons. The summed E-state index contributed by atoms with van der Waals surface area (Å²) in [5, 5.41) is 14.5. The molecule has 2 N–H and O–H groups in total. The number of carbonyl (C=O) groups is 2. The molecule has 1 heterocycles. The van der Waals surface area contributed by atoms with Gasteiger partial charge in [0.25, 0.3) is 5.91 Å². The number of nitrogens with zero attached hydrogens (tertiary/aromatic N) is 2. The maximum atomic E-state index is 12.5. The van der Waals surface area contributed by atoms with Gasteiger partial charge in [-0.05, 0) is 47.5 Å². The lowest BCUT2D eigenvalue weighted by Crippen LogP contribution is -2.13. The fourth-order valence-electron chi connectivity index (χ4n) is 2.79. The quantitative estimate of drug-likeness (QED) is 0.256. The number of benzene rings is 3. The summed E-state index contributed by atoms with van der Waals surface area (Å²) >= 11 is 8.31. The predicted molar refractivity (Wildman–Crippen MR) is 131 cm³/mol. The van der Waals surface area contributed by atoms with Crippen LogP contribution in [0.1, 0.15) is 10.4 Å². The van der Waals surface area contributed by atoms with Crippen LogP contribution in [0.4, 0.5) is 10.8 Å². The van der Waals surface area contributed by atoms with Crippen molar-refractivity contribution in [3.63, 3.8) is 0 Å². The van der Waals surface area contributed by atoms with E-state index in [9.17, 15) is 9.59 Å². The van der Waals surface area contributed by atoms with Crippen LogP contribution in [0.2, 0.25) is 5.02 Å². The summed E-state index contributed by atoms with van der Waals surface area (Å²) in [6, 6.07) is 24.2. The summed E-state index contributed by atoms with van der Waals surface area (Å²) in [5.74, 6) is -0.263. The molecule has 0 atom stereocenters. The van der Waals surface area contributed by atoms with Gasteiger partial charge in [0.15, 0.2) is 4.34 Å². The van der Waals surface area contributed by atoms with Crippen LogP contribution in [0, 0.1) is 0 Å². The molecule has 0 aliphatic heterocycles. The van der Waals surface area contributed by atoms with Crippen molar-refractivity contribution < 1.29 is 9.59 Å². The number of halogens is 1. The third-order valence-electron chi connectivity index (χ3n) is 4.34. The zero-order chi connectivity index (χ0) is 22.3. The second-order valence-electron chi connectivity index (χ2n) is 6.61. The Hall–Kier alpha value is -3.20. The summed E-state index contributed by atoms with van der Waals surface area (Å²) in [6.45, 7) is 0. The van der Waals surface area contributed by atoms with Crippen LogP contribution < -0.4 is 10.6 Å². The van der Waals surface area contributed by atoms with Crippen LogP contribution >= 0.6 is 34.7 Å². The molecule has 0 saturated carbocycles. The number of aromatic nitrogens is 2. The average molecular weight is 481 g/mol. The Balaban J connectivity index is 1.29. The first kappa shape index (κ1) is 22.0. The lowest BCUT2D eigenvalue weighted by Gasteiger charge is -2.04. The molecule has 2 amide bonds. The molecule has 0 unspecified atom stereocenters. The maximum absolute atomic E-state index is 12.5. The lowest BCUT2D eigenvalue weighted by molar-refractivity contribution is -0.113. The molecule has 6 nitrogen and oxygen atoms in total. The van der Waals surface area contributed by atoms with E-state index in [0.29, 0.717) is 25.7 Å². The van der Waals surface area contributed by atoms with E-state index in [2.05, 4.69) is 20.8 Å². The fraction of sp³-hybridized carbons (Fsp3) is 0.0435. The minimum Gasteiger partial charge on any atom is -0.325 e. The van der Waals surface area contributed by atoms with E-state index in [4.69, 9.17) is 11.6 Å². The van der Waals surface area contributed by atoms with Gasteiger partial charge in [-0.25, -0.2) is 0 Å². The Morgan fingerprint density at radius 3 is 2.25 bits per heavy atom. The molecule has 0 aliphatic carbocycles. The molecule has 4 rings (SSSR count). The number of thioether (sulfide) groups is 1. The highest BCUT2D eigenvalue weighted by Gasteiger charge is 2.12. The summed E-state index contributed by atoms with van der Waals surface area (Å²) in [5.41, 5.74) is 3.32. The van der Waals surface area contributed by atoms with Crippen molar-refractivity contribution in [2.24, 2.45) is 0 Å². The van der Waals surface area contributed by atoms with Crippen molar-refractivity contribution in [3.05, 3.63) is 89.4 Å². The Morgan fingerprint density at radius 1 is 0.844 bits per heavy atom. The monoisotopic (exact) mass is 480 g/mol. The molecular formula is C23H17ClN4O2S2. The Kier molecular flexibility index (Phi) is 7.16. The summed E-state index contributed by atoms with van der Waals surface area (Å²) < 4.78 is 0.589. The maximum Gasteiger partial charge on any atom is 0.257 e. The van der Waals surface area contributed by atoms with Crippen LogP contribution in [0.25, 0.3) is 11.1 Å². The molecule has 0 bridgehead atoms. The van der Waals surface area contributed by atoms with Gasteiger partial charge in [0.05, 0.1) is 5.75 Å². The molecule has 9 heteroatoms. The molecule has 4 aromatic rings. The number of hydrogen-bond donors (Lipinski definition) is 2. The standard InChI is InChI=1S/C23H17ClN4O2S2/c24-18-10-12-19(13-11-18)25-20(29)14-31-23-28-27-22(32-23)26-21(30)17-8-6-16(7-9-17)15-4-2-1-3-5-15/h1-13H,14H2,(H,25,29)(H,26,27,30). The first-order valence-corrected chi connectivity index (χ1v) is 11.7. The van der Waals surface area contributed by atoms with Crippen LogP contribution in [0.3, 0.4) is 0 Å². The number of rotatable bonds is 7. The van der Waals surface area contributed by atoms with Crippen LogP contribution in [-0.2, 0) is 4.79 Å². The Bertz CT molecular complexity index is 1210. The molecule has 32 heavy (non-hydrogen) atoms. The highest BCUT2D eigenvalue weighted by molar-refractivity contribution is 8.01. The molecule has 0 fully saturated rings. The fourth-order valence-corrected chi connectivity index (χ4v) is 4.46. The summed E-state index contributed by atoms with van der Waals surface area (Å²) in [7, 11) is 0. The smallest absolute Gasteiger partial charge is 0.257 e. The predicted octanol–water partition coefficient (Wildman–Crippen LogP) is 5.84. The van der Waals surface area contributed by atoms with Crippen molar-refractivity contribution >= 4 is 57.3 Å². The van der Waals surface area contributed by atoms with Crippen LogP contribution in [-0.4, -0.2) is 27.8 Å². The third-order valence-corrected chi connectivity index (χ3v) is 6.56. The van der Waals surface area contributed by atoms with E-state index in [-0.39, 0.29) is 17.6 Å². The van der Waals surface area contributed by atoms with Gasteiger partial charge >= 0.3 is 0 Å². The topological polar surface area (TPSA) is 84.0 Å². The molecule has 3 aromatic carbocycles. The van der Waals surface area contributed by atoms with Crippen molar-refractivity contribution in [1.82, 2.24) is 10.2 Å². The minimum atomic E-state index is -0.266. The number of hydrogen-bond acceptors (Lipinski definition) is 6. The highest BCUT2D eigenvalue weighted by Crippen LogP contribution is 2.26. The van der Waals surface area contributed by atoms with Gasteiger partial charge in [-0.3, -0.25) is 14.9 Å². The van der Waals surface area contributed by atoms with Gasteiger partial charge < -0.3 is 5.32 Å². The summed E-state index contributed by atoms with van der Waals surface area (Å²) in [6.07, 6.45) is 0. The number of nitrogens with one attached hydrogen (secondary N) is 2. The van der Waals surface area contributed by atoms with Crippen molar-refractivity contribution in [3.8, 4) is 11.1 Å². The number of amides is 2. The Morgan fingerprint density at radius 2 is 1.53 bits per heavy atom. The lowest BCUT2D eigenvalue weighted by atomic mass is 10.0. The third kappa shape index (κ3) is 5.94. The minimum absolute atomic E-state index is 0.170. The Labute approximate surface area is 198 Å². The molecule has 0 aliphatic rings. The van der Waals surface area contributed by atoms with Crippen molar-refractivity contribution in [2.45, 2.75) is 4.34 Å². The van der Waals surface area contributed by atoms with E-state index in [1.54, 1.807) is 36.4 Å². The zero-order valence-corrected chi connectivity index (χ0v) is 19.0. The van der Waals surface area contributed by atoms with Crippen LogP contribution in [0.5, 0.6) is 0 Å². The molecule has 0 radical (unpaired) electrons. The van der Waals surface area contributed by atoms with Gasteiger partial charge in [0.1, 0.15) is 0 Å². The van der Waals surface area contributed by atoms with Gasteiger partial charge in [-0.15, -0.1) is 10.2 Å². The molecule has 1 aromatic heterocycles. The largest absolute Gasteiger partial charge is 0.325 e. The van der Waals surface area contributed by atoms with Gasteiger partial charge in [-0.1, -0.05) is 77.2 Å². The second-order valence-corrected chi connectivity index (χ2v) is 9.25. The zero-order valence-electron chi connectivity index (χ0n) is 16.6. The summed E-state index contributed by atoms with van der Waals surface area (Å²) in [4.78, 5) is 24.6. The highest BCUT2D eigenvalue weighted by atomic mass is 35.5. The van der Waals surface area contributed by atoms with Crippen molar-refractivity contribution in [1.29, 1.82) is 0 Å². The molecular weight excluding hydrogens is 464 g/mol. The van der Waals surface area contributed by atoms with E-state index in [1.807, 2.05) is 42.5 Å². The SMILES string of the molecule is O=C(CSc1nnc(NC(=O)c2ccc(-c3ccccc3)cc2)s1)Nc1ccc(Cl)cc1. The van der Waals surface area contributed by atoms with Crippen LogP contribution in [0.15, 0.2) is 83.2 Å². The van der Waals surface area contributed by atoms with E-state index >= 15 is 0 Å². The molecule has 0 saturated heterocycles.